The van der Waals surface area contributed by atoms with Crippen LogP contribution in [0.2, 0.25) is 0 Å². The largest absolute Gasteiger partial charge is 0.481 e. The van der Waals surface area contributed by atoms with Gasteiger partial charge < -0.3 is 9.84 Å². The number of carboxylic acid groups (broad SMARTS) is 1. The molecule has 2 aromatic rings. The fourth-order valence-electron chi connectivity index (χ4n) is 2.32. The molecule has 0 amide bonds. The minimum absolute atomic E-state index is 0.184. The van der Waals surface area contributed by atoms with Gasteiger partial charge in [-0.2, -0.15) is 5.10 Å². The first kappa shape index (κ1) is 16.0. The van der Waals surface area contributed by atoms with E-state index in [1.54, 1.807) is 12.1 Å². The minimum Gasteiger partial charge on any atom is -0.481 e. The highest BCUT2D eigenvalue weighted by Crippen LogP contribution is 2.33. The van der Waals surface area contributed by atoms with Gasteiger partial charge >= 0.3 is 5.97 Å². The van der Waals surface area contributed by atoms with Gasteiger partial charge in [0.2, 0.25) is 5.88 Å². The summed E-state index contributed by atoms with van der Waals surface area (Å²) < 4.78 is 20.0. The highest BCUT2D eigenvalue weighted by atomic mass is 19.1. The van der Waals surface area contributed by atoms with Crippen LogP contribution in [0.3, 0.4) is 0 Å². The van der Waals surface area contributed by atoms with Crippen molar-refractivity contribution < 1.29 is 19.0 Å². The molecule has 1 aromatic carbocycles. The quantitative estimate of drug-likeness (QED) is 0.943. The Morgan fingerprint density at radius 2 is 1.91 bits per heavy atom. The third-order valence-corrected chi connectivity index (χ3v) is 3.24. The van der Waals surface area contributed by atoms with Gasteiger partial charge in [0.25, 0.3) is 0 Å². The van der Waals surface area contributed by atoms with Gasteiger partial charge in [0, 0.05) is 11.0 Å². The van der Waals surface area contributed by atoms with Crippen molar-refractivity contribution in [1.29, 1.82) is 0 Å². The first-order valence-corrected chi connectivity index (χ1v) is 6.88. The number of benzene rings is 1. The van der Waals surface area contributed by atoms with Crippen molar-refractivity contribution in [3.05, 3.63) is 41.3 Å². The summed E-state index contributed by atoms with van der Waals surface area (Å²) in [6.45, 7) is 5.86. The lowest BCUT2D eigenvalue weighted by atomic mass is 9.88. The molecule has 1 aromatic heterocycles. The zero-order chi connectivity index (χ0) is 16.5. The number of aromatic nitrogens is 2. The highest BCUT2D eigenvalue weighted by molar-refractivity contribution is 5.72. The van der Waals surface area contributed by atoms with Crippen molar-refractivity contribution >= 4 is 5.97 Å². The number of nitrogens with zero attached hydrogens (tertiary/aromatic N) is 2. The molecule has 0 unspecified atom stereocenters. The molecule has 0 aliphatic heterocycles. The van der Waals surface area contributed by atoms with Crippen LogP contribution in [-0.4, -0.2) is 28.0 Å². The number of hydrogen-bond donors (Lipinski definition) is 1. The maximum atomic E-state index is 13.1. The fourth-order valence-corrected chi connectivity index (χ4v) is 2.32. The summed E-state index contributed by atoms with van der Waals surface area (Å²) in [5.41, 5.74) is 1.45. The highest BCUT2D eigenvalue weighted by Gasteiger charge is 2.29. The zero-order valence-electron chi connectivity index (χ0n) is 13.1. The lowest BCUT2D eigenvalue weighted by molar-refractivity contribution is -0.136. The first-order valence-electron chi connectivity index (χ1n) is 6.88. The summed E-state index contributed by atoms with van der Waals surface area (Å²) in [7, 11) is 1.47. The number of aliphatic carboxylic acids is 1. The number of carboxylic acids is 1. The van der Waals surface area contributed by atoms with E-state index in [1.807, 2.05) is 20.8 Å². The molecule has 0 atom stereocenters. The van der Waals surface area contributed by atoms with E-state index in [-0.39, 0.29) is 17.7 Å². The van der Waals surface area contributed by atoms with E-state index >= 15 is 0 Å². The van der Waals surface area contributed by atoms with Gasteiger partial charge in [0.15, 0.2) is 0 Å². The van der Waals surface area contributed by atoms with Gasteiger partial charge in [-0.3, -0.25) is 4.79 Å². The minimum atomic E-state index is -0.956. The Morgan fingerprint density at radius 1 is 1.32 bits per heavy atom. The number of carbonyl (C=O) groups is 1. The Hall–Kier alpha value is -2.37. The summed E-state index contributed by atoms with van der Waals surface area (Å²) in [4.78, 5) is 11.2. The van der Waals surface area contributed by atoms with Crippen molar-refractivity contribution in [3.63, 3.8) is 0 Å². The van der Waals surface area contributed by atoms with Crippen molar-refractivity contribution in [3.8, 4) is 11.6 Å². The lowest BCUT2D eigenvalue weighted by Crippen LogP contribution is -2.16. The van der Waals surface area contributed by atoms with Crippen molar-refractivity contribution in [2.24, 2.45) is 0 Å². The molecule has 1 heterocycles. The third kappa shape index (κ3) is 3.10. The molecule has 0 saturated carbocycles. The van der Waals surface area contributed by atoms with Crippen LogP contribution in [0.15, 0.2) is 24.3 Å². The summed E-state index contributed by atoms with van der Waals surface area (Å²) in [5.74, 6) is -0.946. The number of rotatable bonds is 4. The van der Waals surface area contributed by atoms with Gasteiger partial charge in [-0.1, -0.05) is 20.8 Å². The lowest BCUT2D eigenvalue weighted by Gasteiger charge is -2.16. The SMILES string of the molecule is COc1c(CC(=O)O)c(C(C)(C)C)nn1-c1ccc(F)cc1. The Labute approximate surface area is 128 Å². The molecular weight excluding hydrogens is 287 g/mol. The molecule has 118 valence electrons. The average molecular weight is 306 g/mol. The summed E-state index contributed by atoms with van der Waals surface area (Å²) in [6, 6.07) is 5.79. The van der Waals surface area contributed by atoms with Crippen LogP contribution in [0.25, 0.3) is 5.69 Å². The molecule has 0 fully saturated rings. The topological polar surface area (TPSA) is 64.3 Å². The second kappa shape index (κ2) is 5.79. The third-order valence-electron chi connectivity index (χ3n) is 3.24. The number of halogens is 1. The van der Waals surface area contributed by atoms with E-state index in [0.29, 0.717) is 22.8 Å². The van der Waals surface area contributed by atoms with E-state index in [1.165, 1.54) is 23.9 Å². The zero-order valence-corrected chi connectivity index (χ0v) is 13.1. The molecule has 0 radical (unpaired) electrons. The Balaban J connectivity index is 2.66. The normalized spacial score (nSPS) is 11.5. The standard InChI is InChI=1S/C16H19FN2O3/c1-16(2,3)14-12(9-13(20)21)15(22-4)19(18-14)11-7-5-10(17)6-8-11/h5-8H,9H2,1-4H3,(H,20,21). The van der Waals surface area contributed by atoms with E-state index in [9.17, 15) is 9.18 Å². The number of ether oxygens (including phenoxy) is 1. The monoisotopic (exact) mass is 306 g/mol. The van der Waals surface area contributed by atoms with Gasteiger partial charge in [-0.15, -0.1) is 0 Å². The van der Waals surface area contributed by atoms with E-state index in [4.69, 9.17) is 9.84 Å². The van der Waals surface area contributed by atoms with Gasteiger partial charge in [-0.05, 0) is 24.3 Å². The maximum Gasteiger partial charge on any atom is 0.308 e. The summed E-state index contributed by atoms with van der Waals surface area (Å²) in [5, 5.41) is 13.7. The summed E-state index contributed by atoms with van der Waals surface area (Å²) >= 11 is 0. The maximum absolute atomic E-state index is 13.1. The van der Waals surface area contributed by atoms with Crippen molar-refractivity contribution in [2.75, 3.05) is 7.11 Å². The molecule has 1 N–H and O–H groups in total. The second-order valence-corrected chi connectivity index (χ2v) is 6.05. The molecule has 5 nitrogen and oxygen atoms in total. The van der Waals surface area contributed by atoms with Crippen molar-refractivity contribution in [2.45, 2.75) is 32.6 Å². The van der Waals surface area contributed by atoms with Gasteiger partial charge in [0.05, 0.1) is 24.9 Å². The molecular formula is C16H19FN2O3. The van der Waals surface area contributed by atoms with Crippen LogP contribution in [0.1, 0.15) is 32.0 Å². The molecule has 2 rings (SSSR count). The molecule has 6 heteroatoms. The van der Waals surface area contributed by atoms with Crippen LogP contribution in [0, 0.1) is 5.82 Å². The molecule has 0 aliphatic carbocycles. The second-order valence-electron chi connectivity index (χ2n) is 6.05. The smallest absolute Gasteiger partial charge is 0.308 e. The predicted octanol–water partition coefficient (Wildman–Crippen LogP) is 2.94. The number of hydrogen-bond acceptors (Lipinski definition) is 3. The van der Waals surface area contributed by atoms with Crippen LogP contribution < -0.4 is 4.74 Å². The fraction of sp³-hybridized carbons (Fsp3) is 0.375. The van der Waals surface area contributed by atoms with Gasteiger partial charge in [-0.25, -0.2) is 9.07 Å². The summed E-state index contributed by atoms with van der Waals surface area (Å²) in [6.07, 6.45) is -0.184. The van der Waals surface area contributed by atoms with Gasteiger partial charge in [0.1, 0.15) is 5.82 Å². The Kier molecular flexibility index (Phi) is 4.21. The van der Waals surface area contributed by atoms with Crippen LogP contribution in [0.5, 0.6) is 5.88 Å². The Bertz CT molecular complexity index is 685. The molecule has 0 spiro atoms. The average Bonchev–Trinajstić information content (AvgIpc) is 2.77. The Morgan fingerprint density at radius 3 is 2.36 bits per heavy atom. The molecule has 0 saturated heterocycles. The van der Waals surface area contributed by atoms with Crippen LogP contribution in [-0.2, 0) is 16.6 Å². The molecule has 22 heavy (non-hydrogen) atoms. The molecule has 0 bridgehead atoms. The van der Waals surface area contributed by atoms with Crippen molar-refractivity contribution in [1.82, 2.24) is 9.78 Å². The van der Waals surface area contributed by atoms with E-state index < -0.39 is 5.97 Å². The number of methoxy groups -OCH3 is 1. The first-order chi connectivity index (χ1) is 10.2. The van der Waals surface area contributed by atoms with E-state index in [0.717, 1.165) is 0 Å². The predicted molar refractivity (Wildman–Crippen MR) is 80.1 cm³/mol. The van der Waals surface area contributed by atoms with E-state index in [2.05, 4.69) is 5.10 Å². The van der Waals surface area contributed by atoms with Crippen LogP contribution in [0.4, 0.5) is 4.39 Å². The molecule has 0 aliphatic rings. The van der Waals surface area contributed by atoms with Crippen LogP contribution >= 0.6 is 0 Å².